The van der Waals surface area contributed by atoms with Crippen molar-refractivity contribution in [3.05, 3.63) is 23.8 Å². The third kappa shape index (κ3) is 4.61. The van der Waals surface area contributed by atoms with E-state index in [-0.39, 0.29) is 5.60 Å². The van der Waals surface area contributed by atoms with Crippen molar-refractivity contribution >= 4 is 5.96 Å². The van der Waals surface area contributed by atoms with Gasteiger partial charge in [-0.1, -0.05) is 12.1 Å². The number of hydrogen-bond donors (Lipinski definition) is 1. The van der Waals surface area contributed by atoms with Gasteiger partial charge in [0, 0.05) is 45.1 Å². The number of para-hydroxylation sites is 1. The van der Waals surface area contributed by atoms with Crippen molar-refractivity contribution in [2.75, 3.05) is 47.0 Å². The molecule has 26 heavy (non-hydrogen) atoms. The van der Waals surface area contributed by atoms with Crippen LogP contribution in [0.15, 0.2) is 23.2 Å². The maximum Gasteiger partial charge on any atom is 0.193 e. The van der Waals surface area contributed by atoms with Crippen LogP contribution in [0.2, 0.25) is 0 Å². The molecule has 1 unspecified atom stereocenters. The predicted octanol–water partition coefficient (Wildman–Crippen LogP) is 2.32. The zero-order chi connectivity index (χ0) is 18.6. The molecule has 1 atom stereocenters. The minimum atomic E-state index is -0.158. The van der Waals surface area contributed by atoms with Gasteiger partial charge in [-0.25, -0.2) is 0 Å². The lowest BCUT2D eigenvalue weighted by Crippen LogP contribution is -2.42. The Balaban J connectivity index is 1.46. The van der Waals surface area contributed by atoms with Crippen molar-refractivity contribution in [1.29, 1.82) is 0 Å². The summed E-state index contributed by atoms with van der Waals surface area (Å²) in [6.07, 6.45) is 2.04. The molecule has 0 aromatic heterocycles. The van der Waals surface area contributed by atoms with E-state index in [1.165, 1.54) is 5.56 Å². The highest BCUT2D eigenvalue weighted by Gasteiger charge is 2.32. The Bertz CT molecular complexity index is 639. The Kier molecular flexibility index (Phi) is 5.91. The Hall–Kier alpha value is -1.95. The van der Waals surface area contributed by atoms with E-state index in [0.717, 1.165) is 50.1 Å². The smallest absolute Gasteiger partial charge is 0.193 e. The summed E-state index contributed by atoms with van der Waals surface area (Å²) < 4.78 is 17.5. The second kappa shape index (κ2) is 8.16. The SMILES string of the molecule is CN=C(NCCOc1cccc2c1OC(C)(C)C2)N(C)CC1CCOC1. The number of nitrogens with one attached hydrogen (secondary N) is 1. The standard InChI is InChI=1S/C20H31N3O3/c1-20(2)12-16-6-5-7-17(18(16)26-20)25-11-9-22-19(21-3)23(4)13-15-8-10-24-14-15/h5-7,15H,8-14H2,1-4H3,(H,21,22). The molecule has 1 N–H and O–H groups in total. The van der Waals surface area contributed by atoms with Gasteiger partial charge in [-0.2, -0.15) is 0 Å². The minimum absolute atomic E-state index is 0.158. The molecule has 0 bridgehead atoms. The molecule has 1 saturated heterocycles. The summed E-state index contributed by atoms with van der Waals surface area (Å²) in [6.45, 7) is 8.13. The molecule has 3 rings (SSSR count). The lowest BCUT2D eigenvalue weighted by Gasteiger charge is -2.24. The highest BCUT2D eigenvalue weighted by molar-refractivity contribution is 5.79. The maximum atomic E-state index is 6.05. The molecule has 1 fully saturated rings. The van der Waals surface area contributed by atoms with E-state index >= 15 is 0 Å². The van der Waals surface area contributed by atoms with Gasteiger partial charge in [0.1, 0.15) is 12.2 Å². The first-order valence-electron chi connectivity index (χ1n) is 9.42. The minimum Gasteiger partial charge on any atom is -0.488 e. The van der Waals surface area contributed by atoms with Crippen LogP contribution in [0.3, 0.4) is 0 Å². The quantitative estimate of drug-likeness (QED) is 0.479. The van der Waals surface area contributed by atoms with Crippen LogP contribution in [0.1, 0.15) is 25.8 Å². The lowest BCUT2D eigenvalue weighted by atomic mass is 10.0. The van der Waals surface area contributed by atoms with Gasteiger partial charge < -0.3 is 24.4 Å². The number of benzene rings is 1. The van der Waals surface area contributed by atoms with Crippen LogP contribution < -0.4 is 14.8 Å². The summed E-state index contributed by atoms with van der Waals surface area (Å²) in [5.74, 6) is 3.18. The van der Waals surface area contributed by atoms with Crippen LogP contribution in [0.5, 0.6) is 11.5 Å². The molecule has 2 aliphatic rings. The normalized spacial score (nSPS) is 21.2. The third-order valence-electron chi connectivity index (χ3n) is 4.83. The van der Waals surface area contributed by atoms with E-state index in [0.29, 0.717) is 19.1 Å². The molecule has 2 aliphatic heterocycles. The summed E-state index contributed by atoms with van der Waals surface area (Å²) in [6, 6.07) is 6.11. The number of hydrogen-bond acceptors (Lipinski definition) is 4. The molecule has 144 valence electrons. The molecular weight excluding hydrogens is 330 g/mol. The fourth-order valence-corrected chi connectivity index (χ4v) is 3.61. The number of nitrogens with zero attached hydrogens (tertiary/aromatic N) is 2. The van der Waals surface area contributed by atoms with Crippen LogP contribution in [-0.2, 0) is 11.2 Å². The molecule has 0 radical (unpaired) electrons. The summed E-state index contributed by atoms with van der Waals surface area (Å²) in [5, 5.41) is 3.37. The topological polar surface area (TPSA) is 55.3 Å². The van der Waals surface area contributed by atoms with Gasteiger partial charge in [-0.3, -0.25) is 4.99 Å². The molecule has 2 heterocycles. The first kappa shape index (κ1) is 18.8. The first-order chi connectivity index (χ1) is 12.5. The number of aliphatic imine (C=N–C) groups is 1. The summed E-state index contributed by atoms with van der Waals surface area (Å²) in [5.41, 5.74) is 1.06. The molecule has 0 spiro atoms. The molecule has 1 aromatic carbocycles. The monoisotopic (exact) mass is 361 g/mol. The van der Waals surface area contributed by atoms with Crippen LogP contribution in [0.4, 0.5) is 0 Å². The summed E-state index contributed by atoms with van der Waals surface area (Å²) in [7, 11) is 3.87. The largest absolute Gasteiger partial charge is 0.488 e. The molecular formula is C20H31N3O3. The Labute approximate surface area is 156 Å². The number of ether oxygens (including phenoxy) is 3. The molecule has 0 amide bonds. The maximum absolute atomic E-state index is 6.05. The zero-order valence-electron chi connectivity index (χ0n) is 16.4. The third-order valence-corrected chi connectivity index (χ3v) is 4.83. The predicted molar refractivity (Wildman–Crippen MR) is 103 cm³/mol. The second-order valence-corrected chi connectivity index (χ2v) is 7.72. The molecule has 0 saturated carbocycles. The summed E-state index contributed by atoms with van der Waals surface area (Å²) >= 11 is 0. The fraction of sp³-hybridized carbons (Fsp3) is 0.650. The fourth-order valence-electron chi connectivity index (χ4n) is 3.61. The van der Waals surface area contributed by atoms with E-state index in [9.17, 15) is 0 Å². The average molecular weight is 361 g/mol. The van der Waals surface area contributed by atoms with Gasteiger partial charge in [0.25, 0.3) is 0 Å². The number of rotatable bonds is 6. The van der Waals surface area contributed by atoms with Gasteiger partial charge in [0.2, 0.25) is 0 Å². The van der Waals surface area contributed by atoms with Crippen LogP contribution >= 0.6 is 0 Å². The second-order valence-electron chi connectivity index (χ2n) is 7.72. The van der Waals surface area contributed by atoms with E-state index in [1.54, 1.807) is 0 Å². The van der Waals surface area contributed by atoms with Crippen molar-refractivity contribution in [1.82, 2.24) is 10.2 Å². The van der Waals surface area contributed by atoms with E-state index in [4.69, 9.17) is 14.2 Å². The van der Waals surface area contributed by atoms with Crippen LogP contribution in [0.25, 0.3) is 0 Å². The number of fused-ring (bicyclic) bond motifs is 1. The number of guanidine groups is 1. The Morgan fingerprint density at radius 1 is 1.42 bits per heavy atom. The Morgan fingerprint density at radius 2 is 2.27 bits per heavy atom. The Morgan fingerprint density at radius 3 is 3.00 bits per heavy atom. The van der Waals surface area contributed by atoms with Crippen molar-refractivity contribution in [3.63, 3.8) is 0 Å². The van der Waals surface area contributed by atoms with E-state index in [2.05, 4.69) is 42.2 Å². The first-order valence-corrected chi connectivity index (χ1v) is 9.42. The van der Waals surface area contributed by atoms with Crippen LogP contribution in [0, 0.1) is 5.92 Å². The van der Waals surface area contributed by atoms with Crippen molar-refractivity contribution < 1.29 is 14.2 Å². The molecule has 1 aromatic rings. The van der Waals surface area contributed by atoms with Crippen molar-refractivity contribution in [2.45, 2.75) is 32.3 Å². The van der Waals surface area contributed by atoms with Gasteiger partial charge >= 0.3 is 0 Å². The van der Waals surface area contributed by atoms with Crippen molar-refractivity contribution in [3.8, 4) is 11.5 Å². The van der Waals surface area contributed by atoms with E-state index < -0.39 is 0 Å². The van der Waals surface area contributed by atoms with Gasteiger partial charge in [-0.05, 0) is 26.3 Å². The molecule has 0 aliphatic carbocycles. The average Bonchev–Trinajstić information content (AvgIpc) is 3.20. The highest BCUT2D eigenvalue weighted by Crippen LogP contribution is 2.41. The van der Waals surface area contributed by atoms with Gasteiger partial charge in [-0.15, -0.1) is 0 Å². The van der Waals surface area contributed by atoms with Gasteiger partial charge in [0.05, 0.1) is 13.2 Å². The highest BCUT2D eigenvalue weighted by atomic mass is 16.5. The summed E-state index contributed by atoms with van der Waals surface area (Å²) in [4.78, 5) is 6.52. The van der Waals surface area contributed by atoms with Crippen LogP contribution in [-0.4, -0.2) is 63.5 Å². The van der Waals surface area contributed by atoms with Crippen molar-refractivity contribution in [2.24, 2.45) is 10.9 Å². The lowest BCUT2D eigenvalue weighted by molar-refractivity contribution is 0.132. The van der Waals surface area contributed by atoms with E-state index in [1.807, 2.05) is 19.2 Å². The molecule has 6 nitrogen and oxygen atoms in total. The van der Waals surface area contributed by atoms with Gasteiger partial charge in [0.15, 0.2) is 17.5 Å². The molecule has 6 heteroatoms. The zero-order valence-corrected chi connectivity index (χ0v) is 16.4.